The van der Waals surface area contributed by atoms with Gasteiger partial charge in [0.2, 0.25) is 0 Å². The lowest BCUT2D eigenvalue weighted by Gasteiger charge is -2.06. The molecule has 5 heteroatoms. The number of halogens is 2. The van der Waals surface area contributed by atoms with Crippen LogP contribution in [0.2, 0.25) is 0 Å². The fraction of sp³-hybridized carbons (Fsp3) is 0.231. The first-order valence-electron chi connectivity index (χ1n) is 5.58. The van der Waals surface area contributed by atoms with Crippen molar-refractivity contribution < 1.29 is 4.39 Å². The van der Waals surface area contributed by atoms with E-state index >= 15 is 0 Å². The van der Waals surface area contributed by atoms with Gasteiger partial charge in [-0.25, -0.2) is 9.37 Å². The minimum Gasteiger partial charge on any atom is -0.306 e. The Bertz CT molecular complexity index is 652. The summed E-state index contributed by atoms with van der Waals surface area (Å²) in [5.41, 5.74) is 1.72. The van der Waals surface area contributed by atoms with E-state index in [4.69, 9.17) is 0 Å². The third-order valence-electron chi connectivity index (χ3n) is 2.78. The van der Waals surface area contributed by atoms with Crippen molar-refractivity contribution in [3.8, 4) is 11.4 Å². The fourth-order valence-corrected chi connectivity index (χ4v) is 1.95. The van der Waals surface area contributed by atoms with Crippen molar-refractivity contribution >= 4 is 15.9 Å². The minimum absolute atomic E-state index is 0.180. The molecule has 0 radical (unpaired) electrons. The smallest absolute Gasteiger partial charge is 0.254 e. The van der Waals surface area contributed by atoms with Crippen LogP contribution in [0, 0.1) is 12.7 Å². The highest BCUT2D eigenvalue weighted by atomic mass is 79.9. The van der Waals surface area contributed by atoms with Crippen LogP contribution in [-0.2, 0) is 6.42 Å². The molecule has 2 rings (SSSR count). The van der Waals surface area contributed by atoms with E-state index in [1.165, 1.54) is 6.07 Å². The molecule has 2 aromatic rings. The van der Waals surface area contributed by atoms with Crippen molar-refractivity contribution in [1.29, 1.82) is 0 Å². The lowest BCUT2D eigenvalue weighted by Crippen LogP contribution is -2.15. The monoisotopic (exact) mass is 310 g/mol. The first kappa shape index (κ1) is 13.0. The van der Waals surface area contributed by atoms with Crippen LogP contribution in [0.3, 0.4) is 0 Å². The molecular formula is C13H12BrFN2O. The number of rotatable bonds is 2. The maximum Gasteiger partial charge on any atom is 0.254 e. The normalized spacial score (nSPS) is 10.7. The number of hydrogen-bond donors (Lipinski definition) is 1. The van der Waals surface area contributed by atoms with Gasteiger partial charge in [0.1, 0.15) is 11.6 Å². The fourth-order valence-electron chi connectivity index (χ4n) is 1.70. The van der Waals surface area contributed by atoms with Crippen LogP contribution >= 0.6 is 15.9 Å². The Morgan fingerprint density at radius 3 is 2.78 bits per heavy atom. The molecule has 0 amide bonds. The predicted molar refractivity (Wildman–Crippen MR) is 72.1 cm³/mol. The molecule has 0 bridgehead atoms. The van der Waals surface area contributed by atoms with E-state index in [0.717, 1.165) is 5.69 Å². The number of aryl methyl sites for hydroxylation is 1. The Morgan fingerprint density at radius 1 is 1.44 bits per heavy atom. The number of nitrogens with one attached hydrogen (secondary N) is 1. The number of H-pyrrole nitrogens is 1. The Balaban J connectivity index is 2.60. The van der Waals surface area contributed by atoms with Gasteiger partial charge in [-0.15, -0.1) is 0 Å². The zero-order valence-electron chi connectivity index (χ0n) is 10.1. The molecule has 1 aromatic carbocycles. The molecule has 1 aromatic heterocycles. The van der Waals surface area contributed by atoms with E-state index in [1.54, 1.807) is 19.1 Å². The van der Waals surface area contributed by atoms with Gasteiger partial charge in [0.05, 0.1) is 10.2 Å². The summed E-state index contributed by atoms with van der Waals surface area (Å²) >= 11 is 3.09. The maximum atomic E-state index is 13.5. The number of aromatic nitrogens is 2. The highest BCUT2D eigenvalue weighted by molar-refractivity contribution is 9.10. The van der Waals surface area contributed by atoms with E-state index in [0.29, 0.717) is 27.8 Å². The lowest BCUT2D eigenvalue weighted by molar-refractivity contribution is 0.621. The van der Waals surface area contributed by atoms with E-state index in [-0.39, 0.29) is 11.4 Å². The summed E-state index contributed by atoms with van der Waals surface area (Å²) in [6.45, 7) is 3.66. The van der Waals surface area contributed by atoms with Crippen molar-refractivity contribution in [3.05, 3.63) is 50.1 Å². The van der Waals surface area contributed by atoms with Crippen LogP contribution in [0.15, 0.2) is 27.5 Å². The second kappa shape index (κ2) is 5.02. The van der Waals surface area contributed by atoms with Crippen molar-refractivity contribution in [2.75, 3.05) is 0 Å². The Labute approximate surface area is 112 Å². The zero-order valence-corrected chi connectivity index (χ0v) is 11.6. The molecule has 0 aliphatic carbocycles. The molecule has 0 atom stereocenters. The average Bonchev–Trinajstić information content (AvgIpc) is 2.36. The van der Waals surface area contributed by atoms with Gasteiger partial charge < -0.3 is 4.98 Å². The molecule has 94 valence electrons. The van der Waals surface area contributed by atoms with E-state index < -0.39 is 0 Å². The molecule has 0 spiro atoms. The molecule has 0 aliphatic rings. The molecule has 0 saturated carbocycles. The molecule has 3 nitrogen and oxygen atoms in total. The van der Waals surface area contributed by atoms with E-state index in [1.807, 2.05) is 6.92 Å². The molecular weight excluding hydrogens is 299 g/mol. The maximum absolute atomic E-state index is 13.5. The zero-order chi connectivity index (χ0) is 13.3. The highest BCUT2D eigenvalue weighted by Gasteiger charge is 2.09. The van der Waals surface area contributed by atoms with Gasteiger partial charge >= 0.3 is 0 Å². The summed E-state index contributed by atoms with van der Waals surface area (Å²) < 4.78 is 13.8. The quantitative estimate of drug-likeness (QED) is 0.925. The third kappa shape index (κ3) is 2.36. The third-order valence-corrected chi connectivity index (χ3v) is 3.42. The molecule has 0 saturated heterocycles. The SMILES string of the molecule is CCc1nc(-c2ccc(Br)c(F)c2)[nH]c(=O)c1C. The molecule has 1 heterocycles. The van der Waals surface area contributed by atoms with Gasteiger partial charge in [-0.1, -0.05) is 6.92 Å². The van der Waals surface area contributed by atoms with Crippen LogP contribution in [-0.4, -0.2) is 9.97 Å². The van der Waals surface area contributed by atoms with Gasteiger partial charge in [0.25, 0.3) is 5.56 Å². The van der Waals surface area contributed by atoms with Gasteiger partial charge in [-0.2, -0.15) is 0 Å². The summed E-state index contributed by atoms with van der Waals surface area (Å²) in [6.07, 6.45) is 0.668. The topological polar surface area (TPSA) is 45.8 Å². The Morgan fingerprint density at radius 2 is 2.17 bits per heavy atom. The number of benzene rings is 1. The van der Waals surface area contributed by atoms with E-state index in [2.05, 4.69) is 25.9 Å². The Hall–Kier alpha value is -1.49. The van der Waals surface area contributed by atoms with Gasteiger partial charge in [0.15, 0.2) is 0 Å². The minimum atomic E-state index is -0.381. The molecule has 0 aliphatic heterocycles. The van der Waals surface area contributed by atoms with Crippen molar-refractivity contribution in [1.82, 2.24) is 9.97 Å². The van der Waals surface area contributed by atoms with Crippen LogP contribution in [0.4, 0.5) is 4.39 Å². The summed E-state index contributed by atoms with van der Waals surface area (Å²) in [5.74, 6) is 0.0163. The van der Waals surface area contributed by atoms with Crippen molar-refractivity contribution in [3.63, 3.8) is 0 Å². The molecule has 18 heavy (non-hydrogen) atoms. The standard InChI is InChI=1S/C13H12BrFN2O/c1-3-11-7(2)13(18)17-12(16-11)8-4-5-9(14)10(15)6-8/h4-6H,3H2,1-2H3,(H,16,17,18). The molecule has 1 N–H and O–H groups in total. The van der Waals surface area contributed by atoms with Crippen LogP contribution < -0.4 is 5.56 Å². The van der Waals surface area contributed by atoms with Crippen LogP contribution in [0.25, 0.3) is 11.4 Å². The van der Waals surface area contributed by atoms with Gasteiger partial charge in [-0.3, -0.25) is 4.79 Å². The van der Waals surface area contributed by atoms with Crippen LogP contribution in [0.5, 0.6) is 0 Å². The summed E-state index contributed by atoms with van der Waals surface area (Å²) in [5, 5.41) is 0. The second-order valence-electron chi connectivity index (χ2n) is 3.97. The summed E-state index contributed by atoms with van der Waals surface area (Å²) in [6, 6.07) is 4.65. The number of nitrogens with zero attached hydrogens (tertiary/aromatic N) is 1. The molecule has 0 fully saturated rings. The Kier molecular flexibility index (Phi) is 3.61. The number of hydrogen-bond acceptors (Lipinski definition) is 2. The molecule has 0 unspecified atom stereocenters. The largest absolute Gasteiger partial charge is 0.306 e. The predicted octanol–water partition coefficient (Wildman–Crippen LogP) is 3.21. The summed E-state index contributed by atoms with van der Waals surface area (Å²) in [7, 11) is 0. The first-order valence-corrected chi connectivity index (χ1v) is 6.37. The summed E-state index contributed by atoms with van der Waals surface area (Å²) in [4.78, 5) is 18.8. The van der Waals surface area contributed by atoms with Crippen molar-refractivity contribution in [2.45, 2.75) is 20.3 Å². The van der Waals surface area contributed by atoms with Crippen molar-refractivity contribution in [2.24, 2.45) is 0 Å². The first-order chi connectivity index (χ1) is 8.52. The average molecular weight is 311 g/mol. The van der Waals surface area contributed by atoms with Crippen LogP contribution in [0.1, 0.15) is 18.2 Å². The highest BCUT2D eigenvalue weighted by Crippen LogP contribution is 2.22. The van der Waals surface area contributed by atoms with Gasteiger partial charge in [-0.05, 0) is 47.5 Å². The van der Waals surface area contributed by atoms with Gasteiger partial charge in [0, 0.05) is 11.1 Å². The lowest BCUT2D eigenvalue weighted by atomic mass is 10.1. The second-order valence-corrected chi connectivity index (χ2v) is 4.82. The van der Waals surface area contributed by atoms with E-state index in [9.17, 15) is 9.18 Å². The number of aromatic amines is 1.